The third-order valence-corrected chi connectivity index (χ3v) is 32.8. The first kappa shape index (κ1) is 99.7. The van der Waals surface area contributed by atoms with Crippen molar-refractivity contribution < 1.29 is 58.1 Å². The zero-order chi connectivity index (χ0) is 99.0. The molecule has 16 aromatic rings. The number of aromatic hydroxyl groups is 3. The molecule has 4 aliphatic carbocycles. The molecule has 0 bridgehead atoms. The number of nitrogens with zero attached hydrogens (tertiary/aromatic N) is 9. The lowest BCUT2D eigenvalue weighted by Gasteiger charge is -2.32. The summed E-state index contributed by atoms with van der Waals surface area (Å²) >= 11 is 14.0. The molecule has 8 atom stereocenters. The van der Waals surface area contributed by atoms with E-state index in [0.29, 0.717) is 129 Å². The van der Waals surface area contributed by atoms with E-state index in [2.05, 4.69) is 58.1 Å². The normalized spacial score (nSPS) is 18.0. The third-order valence-electron chi connectivity index (χ3n) is 27.6. The van der Waals surface area contributed by atoms with E-state index in [0.717, 1.165) is 193 Å². The van der Waals surface area contributed by atoms with E-state index in [9.17, 15) is 58.1 Å². The molecule has 20 rings (SSSR count). The summed E-state index contributed by atoms with van der Waals surface area (Å²) in [6.07, 6.45) is 25.6. The molecule has 4 saturated carbocycles. The van der Waals surface area contributed by atoms with Gasteiger partial charge < -0.3 is 38.9 Å². The number of amides is 1. The van der Waals surface area contributed by atoms with Gasteiger partial charge in [-0.2, -0.15) is 0 Å². The van der Waals surface area contributed by atoms with E-state index < -0.39 is 5.82 Å². The Kier molecular flexibility index (Phi) is 31.5. The van der Waals surface area contributed by atoms with Gasteiger partial charge in [0.15, 0.2) is 52.1 Å². The molecule has 0 spiro atoms. The summed E-state index contributed by atoms with van der Waals surface area (Å²) < 4.78 is 22.6. The van der Waals surface area contributed by atoms with Crippen molar-refractivity contribution >= 4 is 159 Å². The number of phenols is 2. The molecule has 10 heterocycles. The van der Waals surface area contributed by atoms with Gasteiger partial charge >= 0.3 is 0 Å². The predicted molar refractivity (Wildman–Crippen MR) is 563 cm³/mol. The van der Waals surface area contributed by atoms with Crippen LogP contribution in [0.3, 0.4) is 0 Å². The summed E-state index contributed by atoms with van der Waals surface area (Å²) in [4.78, 5) is 133. The number of terminal acetylenes is 1. The lowest BCUT2D eigenvalue weighted by molar-refractivity contribution is 0.0919. The fourth-order valence-electron chi connectivity index (χ4n) is 20.6. The van der Waals surface area contributed by atoms with Gasteiger partial charge in [-0.1, -0.05) is 70.5 Å². The highest BCUT2D eigenvalue weighted by Gasteiger charge is 2.36. The number of phenolic OH excluding ortho intramolecular Hbond substituents is 2. The number of halogens is 2. The molecule has 724 valence electrons. The van der Waals surface area contributed by atoms with Crippen molar-refractivity contribution in [2.45, 2.75) is 226 Å². The van der Waals surface area contributed by atoms with Gasteiger partial charge in [-0.3, -0.25) is 38.4 Å². The van der Waals surface area contributed by atoms with Gasteiger partial charge in [-0.15, -0.1) is 63.1 Å². The van der Waals surface area contributed by atoms with Gasteiger partial charge in [0.25, 0.3) is 5.91 Å². The van der Waals surface area contributed by atoms with Crippen molar-refractivity contribution in [3.63, 3.8) is 0 Å². The Labute approximate surface area is 843 Å². The summed E-state index contributed by atoms with van der Waals surface area (Å²) in [6, 6.07) is 55.1. The highest BCUT2D eigenvalue weighted by molar-refractivity contribution is 7.15. The largest absolute Gasteiger partial charge is 0.507 e. The second kappa shape index (κ2) is 44.6. The summed E-state index contributed by atoms with van der Waals surface area (Å²) in [5, 5.41) is 36.8. The van der Waals surface area contributed by atoms with Crippen LogP contribution in [0.4, 0.5) is 4.39 Å². The number of hydrogen-bond acceptors (Lipinski definition) is 21. The summed E-state index contributed by atoms with van der Waals surface area (Å²) in [5.41, 5.74) is 11.0. The molecule has 0 unspecified atom stereocenters. The van der Waals surface area contributed by atoms with E-state index >= 15 is 0 Å². The number of carbonyl (C=O) groups excluding carboxylic acids is 8. The molecule has 21 nitrogen and oxygen atoms in total. The molecule has 0 aliphatic heterocycles. The maximum absolute atomic E-state index is 13.8. The molecule has 0 radical (unpaired) electrons. The van der Waals surface area contributed by atoms with Crippen molar-refractivity contribution in [3.05, 3.63) is 266 Å². The first-order valence-corrected chi connectivity index (χ1v) is 53.2. The number of aromatic nitrogens is 9. The topological polar surface area (TPSA) is 293 Å². The summed E-state index contributed by atoms with van der Waals surface area (Å²) in [6.45, 7) is 13.5. The van der Waals surface area contributed by atoms with Crippen LogP contribution in [-0.4, -0.2) is 111 Å². The highest BCUT2D eigenvalue weighted by Crippen LogP contribution is 2.48. The fraction of sp³-hybridized carbons (Fsp3) is 0.336. The number of ketones is 7. The second-order valence-electron chi connectivity index (χ2n) is 37.3. The van der Waals surface area contributed by atoms with Crippen molar-refractivity contribution in [2.24, 2.45) is 17.8 Å². The molecule has 6 aromatic carbocycles. The van der Waals surface area contributed by atoms with Gasteiger partial charge in [-0.05, 0) is 297 Å². The van der Waals surface area contributed by atoms with Gasteiger partial charge in [0.05, 0.1) is 90.7 Å². The number of hydrogen-bond donors (Lipinski definition) is 4. The van der Waals surface area contributed by atoms with Crippen molar-refractivity contribution in [2.75, 3.05) is 0 Å². The number of Topliss-reactive ketones (excluding diaryl/α,β-unsaturated/α-hetero) is 7. The minimum atomic E-state index is -0.530. The standard InChI is InChI=1S/C30H27FN2O3S.C28H28ClN3O3S.C28H29N3O3S.C27H28N2O2S2/c1-3-22-10-13-29(37-22)28(36)15-18-6-5-7-21(14-18)33-25-12-8-19(26(34)4-2)16-24(25)32-30(33)23-11-9-20(31)17-27(23)35;1-3-24(33)17-8-10-23-22(13-17)31-27(21-14-18(29)9-11-25(21)34)32(23)20-6-4-5-19(15-20)30-28(35)26-12-7-16(2)36-26;1-3-25(33)19-8-11-24-23(15-19)30-28(22-10-9-21(32)16-29-22)31(24)20-6-4-5-18(13-20)14-26(34)27-12-7-17(2)35-27;1-3-23(30)19-10-11-22-21(16-19)28-27(26-8-5-13-32-26)29(22)20-7-4-6-18(14-20)15-24(31)25-12-9-17(2)33-25/h1,8-13,16-18,21,35H,4-7,14-15H2,2H3;7-14,19-20,34H,3-6,15H2,1-2H3,(H,30,35);7-12,15-16,18,20,32H,3-6,13-14H2,1-2H3;5,8-13,16,18,20H,3-4,6-7,14-15H2,1-2H3/t18-,21+;19-,20+;2*18-,20+/m1111/s1. The van der Waals surface area contributed by atoms with Crippen LogP contribution >= 0.6 is 68.3 Å². The number of pyridine rings is 1. The summed E-state index contributed by atoms with van der Waals surface area (Å²) in [7, 11) is 0. The maximum Gasteiger partial charge on any atom is 0.261 e. The first-order chi connectivity index (χ1) is 68.2. The van der Waals surface area contributed by atoms with Crippen LogP contribution in [0.25, 0.3) is 89.1 Å². The number of nitrogens with one attached hydrogen (secondary N) is 1. The number of rotatable bonds is 27. The van der Waals surface area contributed by atoms with E-state index in [-0.39, 0.29) is 93.7 Å². The van der Waals surface area contributed by atoms with Crippen molar-refractivity contribution in [1.82, 2.24) is 48.5 Å². The molecule has 28 heteroatoms. The average molecular weight is 2000 g/mol. The Balaban J connectivity index is 0.000000130. The van der Waals surface area contributed by atoms with Crippen LogP contribution in [0, 0.1) is 56.7 Å². The quantitative estimate of drug-likeness (QED) is 0.0275. The zero-order valence-corrected chi connectivity index (χ0v) is 84.7. The van der Waals surface area contributed by atoms with Crippen molar-refractivity contribution in [1.29, 1.82) is 0 Å². The molecule has 1 amide bonds. The Bertz CT molecular complexity index is 7430. The van der Waals surface area contributed by atoms with Crippen LogP contribution in [0.2, 0.25) is 5.02 Å². The molecular formula is C113H112ClFN10O11S5. The zero-order valence-electron chi connectivity index (χ0n) is 79.9. The first-order valence-electron chi connectivity index (χ1n) is 48.7. The highest BCUT2D eigenvalue weighted by atomic mass is 35.5. The Morgan fingerprint density at radius 2 is 0.844 bits per heavy atom. The predicted octanol–water partition coefficient (Wildman–Crippen LogP) is 28.6. The molecule has 4 N–H and O–H groups in total. The van der Waals surface area contributed by atoms with Gasteiger partial charge in [-0.25, -0.2) is 29.3 Å². The molecule has 0 saturated heterocycles. The van der Waals surface area contributed by atoms with E-state index in [1.165, 1.54) is 45.9 Å². The number of thiophene rings is 5. The lowest BCUT2D eigenvalue weighted by Crippen LogP contribution is -2.38. The third kappa shape index (κ3) is 22.7. The van der Waals surface area contributed by atoms with Gasteiger partial charge in [0.1, 0.15) is 40.4 Å². The second-order valence-corrected chi connectivity index (χ2v) is 43.6. The van der Waals surface area contributed by atoms with E-state index in [1.807, 2.05) is 146 Å². The SMILES string of the molecule is C#Cc1ccc(C(=O)C[C@@H]2CCC[C@H](n3c(-c4ccc(F)cc4O)nc4cc(C(=O)CC)ccc43)C2)s1.CCC(=O)c1ccc2c(c1)nc(-c1cc(Cl)ccc1O)n2[C@H]1CCC[C@@H](NC(=O)c2ccc(C)s2)C1.CCC(=O)c1ccc2c(c1)nc(-c1ccc(O)cn1)n2[C@H]1CCC[C@@H](CC(=O)c2ccc(C)s2)C1.CCC(=O)c1ccc2c(c1)nc(-c1cccs1)n2[C@H]1CCC[C@@H](CC(=O)c2ccc(C)s2)C1. The Morgan fingerprint density at radius 3 is 1.26 bits per heavy atom. The monoisotopic (exact) mass is 2000 g/mol. The number of carbonyl (C=O) groups is 8. The number of aryl methyl sites for hydroxylation is 3. The smallest absolute Gasteiger partial charge is 0.261 e. The van der Waals surface area contributed by atoms with Crippen LogP contribution in [0.1, 0.15) is 299 Å². The van der Waals surface area contributed by atoms with E-state index in [4.69, 9.17) is 38.0 Å². The van der Waals surface area contributed by atoms with Crippen molar-refractivity contribution in [3.8, 4) is 74.6 Å². The number of benzene rings is 6. The Hall–Kier alpha value is -12.8. The van der Waals surface area contributed by atoms with Crippen LogP contribution < -0.4 is 5.32 Å². The van der Waals surface area contributed by atoms with E-state index in [1.54, 1.807) is 82.5 Å². The van der Waals surface area contributed by atoms with Crippen LogP contribution in [-0.2, 0) is 0 Å². The number of imidazole rings is 4. The van der Waals surface area contributed by atoms with Gasteiger partial charge in [0, 0.05) is 123 Å². The molecule has 10 aromatic heterocycles. The van der Waals surface area contributed by atoms with Crippen LogP contribution in [0.15, 0.2) is 194 Å². The van der Waals surface area contributed by atoms with Crippen LogP contribution in [0.5, 0.6) is 17.2 Å². The molecule has 4 fully saturated rings. The minimum Gasteiger partial charge on any atom is -0.507 e. The number of fused-ring (bicyclic) bond motifs is 4. The molecule has 4 aliphatic rings. The minimum absolute atomic E-state index is 0.0258. The Morgan fingerprint density at radius 1 is 0.426 bits per heavy atom. The molecular weight excluding hydrogens is 1890 g/mol. The lowest BCUT2D eigenvalue weighted by atomic mass is 9.82. The maximum atomic E-state index is 13.8. The van der Waals surface area contributed by atoms with Gasteiger partial charge in [0.2, 0.25) is 0 Å². The average Bonchev–Trinajstić information content (AvgIpc) is 1.87. The summed E-state index contributed by atoms with van der Waals surface area (Å²) in [5.74, 6) is 6.67. The fourth-order valence-corrected chi connectivity index (χ4v) is 24.7. The molecule has 141 heavy (non-hydrogen) atoms.